The first kappa shape index (κ1) is 13.9. The topological polar surface area (TPSA) is 66.5 Å². The highest BCUT2D eigenvalue weighted by molar-refractivity contribution is 5.95. The molecule has 4 heterocycles. The largest absolute Gasteiger partial charge is 0.338 e. The van der Waals surface area contributed by atoms with Crippen LogP contribution in [0.3, 0.4) is 0 Å². The van der Waals surface area contributed by atoms with Gasteiger partial charge in [-0.2, -0.15) is 0 Å². The van der Waals surface area contributed by atoms with Gasteiger partial charge in [0.15, 0.2) is 0 Å². The molecule has 2 N–H and O–H groups in total. The standard InChI is InChI=1S/C20H15N5/c1-12-5-2-3-6-13(12)20-24-17-14-8-10-21-11-16(14)23-19-15(18(17)25-20)7-4-9-22-19/h2-11H,1H3,(H,22,23)(H,24,25). The van der Waals surface area contributed by atoms with Gasteiger partial charge in [0, 0.05) is 29.1 Å². The molecule has 0 atom stereocenters. The maximum absolute atomic E-state index is 4.93. The van der Waals surface area contributed by atoms with Crippen molar-refractivity contribution in [3.63, 3.8) is 0 Å². The summed E-state index contributed by atoms with van der Waals surface area (Å²) in [5.41, 5.74) is 7.10. The number of nitrogens with one attached hydrogen (secondary N) is 2. The van der Waals surface area contributed by atoms with Crippen LogP contribution in [-0.2, 0) is 0 Å². The first-order valence-electron chi connectivity index (χ1n) is 8.14. The van der Waals surface area contributed by atoms with E-state index in [4.69, 9.17) is 4.98 Å². The lowest BCUT2D eigenvalue weighted by atomic mass is 10.1. The Bertz CT molecular complexity index is 1030. The summed E-state index contributed by atoms with van der Waals surface area (Å²) in [6.45, 7) is 2.10. The molecule has 0 amide bonds. The first-order chi connectivity index (χ1) is 12.3. The number of aryl methyl sites for hydroxylation is 1. The number of benzene rings is 1. The fraction of sp³-hybridized carbons (Fsp3) is 0.0500. The Kier molecular flexibility index (Phi) is 2.94. The number of hydrogen-bond donors (Lipinski definition) is 2. The Morgan fingerprint density at radius 3 is 2.68 bits per heavy atom. The number of anilines is 2. The third kappa shape index (κ3) is 2.13. The molecule has 4 aromatic rings. The molecule has 5 rings (SSSR count). The molecule has 0 saturated carbocycles. The number of fused-ring (bicyclic) bond motifs is 5. The lowest BCUT2D eigenvalue weighted by molar-refractivity contribution is 1.26. The van der Waals surface area contributed by atoms with Crippen molar-refractivity contribution in [2.45, 2.75) is 6.92 Å². The summed E-state index contributed by atoms with van der Waals surface area (Å²) in [5.74, 6) is 1.65. The van der Waals surface area contributed by atoms with Gasteiger partial charge in [-0.3, -0.25) is 4.98 Å². The fourth-order valence-electron chi connectivity index (χ4n) is 3.26. The van der Waals surface area contributed by atoms with Gasteiger partial charge >= 0.3 is 0 Å². The summed E-state index contributed by atoms with van der Waals surface area (Å²) >= 11 is 0. The highest BCUT2D eigenvalue weighted by Gasteiger charge is 2.24. The molecule has 0 saturated heterocycles. The highest BCUT2D eigenvalue weighted by Crippen LogP contribution is 2.42. The van der Waals surface area contributed by atoms with E-state index in [1.54, 1.807) is 12.4 Å². The van der Waals surface area contributed by atoms with E-state index >= 15 is 0 Å². The molecule has 0 spiro atoms. The van der Waals surface area contributed by atoms with Gasteiger partial charge in [0.25, 0.3) is 0 Å². The molecule has 3 aromatic heterocycles. The SMILES string of the molecule is Cc1ccccc1-c1nc2c([nH]1)-c1ccncc1Nc1ncccc1-2. The van der Waals surface area contributed by atoms with E-state index in [9.17, 15) is 0 Å². The van der Waals surface area contributed by atoms with Crippen molar-refractivity contribution in [2.75, 3.05) is 5.32 Å². The minimum atomic E-state index is 0.790. The monoisotopic (exact) mass is 325 g/mol. The molecule has 0 aliphatic carbocycles. The molecule has 0 unspecified atom stereocenters. The van der Waals surface area contributed by atoms with Crippen molar-refractivity contribution in [2.24, 2.45) is 0 Å². The highest BCUT2D eigenvalue weighted by atomic mass is 15.0. The quantitative estimate of drug-likeness (QED) is 0.474. The fourth-order valence-corrected chi connectivity index (χ4v) is 3.26. The molecule has 1 aliphatic rings. The van der Waals surface area contributed by atoms with Gasteiger partial charge in [-0.15, -0.1) is 0 Å². The number of pyridine rings is 2. The van der Waals surface area contributed by atoms with Crippen LogP contribution in [0.1, 0.15) is 5.56 Å². The number of imidazole rings is 1. The molecule has 0 fully saturated rings. The number of rotatable bonds is 1. The number of hydrogen-bond acceptors (Lipinski definition) is 4. The van der Waals surface area contributed by atoms with Crippen LogP contribution in [0.5, 0.6) is 0 Å². The van der Waals surface area contributed by atoms with Crippen molar-refractivity contribution in [3.8, 4) is 33.9 Å². The molecular weight excluding hydrogens is 310 g/mol. The van der Waals surface area contributed by atoms with Crippen LogP contribution >= 0.6 is 0 Å². The summed E-state index contributed by atoms with van der Waals surface area (Å²) in [6, 6.07) is 14.2. The normalized spacial score (nSPS) is 11.7. The van der Waals surface area contributed by atoms with Crippen LogP contribution in [0.15, 0.2) is 61.1 Å². The van der Waals surface area contributed by atoms with Gasteiger partial charge in [0.05, 0.1) is 17.6 Å². The van der Waals surface area contributed by atoms with E-state index in [1.165, 1.54) is 5.56 Å². The minimum absolute atomic E-state index is 0.790. The first-order valence-corrected chi connectivity index (χ1v) is 8.14. The number of nitrogens with zero attached hydrogens (tertiary/aromatic N) is 3. The molecule has 5 heteroatoms. The maximum atomic E-state index is 4.93. The Morgan fingerprint density at radius 2 is 1.76 bits per heavy atom. The molecule has 0 radical (unpaired) electrons. The third-order valence-corrected chi connectivity index (χ3v) is 4.51. The summed E-state index contributed by atoms with van der Waals surface area (Å²) < 4.78 is 0. The van der Waals surface area contributed by atoms with Gasteiger partial charge in [0.1, 0.15) is 17.3 Å². The smallest absolute Gasteiger partial charge is 0.139 e. The summed E-state index contributed by atoms with van der Waals surface area (Å²) in [5, 5.41) is 3.37. The molecule has 1 aliphatic heterocycles. The van der Waals surface area contributed by atoms with Gasteiger partial charge in [-0.25, -0.2) is 9.97 Å². The van der Waals surface area contributed by atoms with Crippen molar-refractivity contribution < 1.29 is 0 Å². The van der Waals surface area contributed by atoms with Crippen molar-refractivity contribution in [1.29, 1.82) is 0 Å². The van der Waals surface area contributed by atoms with Gasteiger partial charge in [-0.05, 0) is 30.7 Å². The Labute approximate surface area is 144 Å². The number of aromatic amines is 1. The predicted octanol–water partition coefficient (Wildman–Crippen LogP) is 4.57. The number of H-pyrrole nitrogens is 1. The van der Waals surface area contributed by atoms with Crippen LogP contribution in [-0.4, -0.2) is 19.9 Å². The lowest BCUT2D eigenvalue weighted by Gasteiger charge is -2.08. The molecular formula is C20H15N5. The Balaban J connectivity index is 1.82. The zero-order chi connectivity index (χ0) is 16.8. The van der Waals surface area contributed by atoms with E-state index in [1.807, 2.05) is 36.5 Å². The second-order valence-corrected chi connectivity index (χ2v) is 6.07. The van der Waals surface area contributed by atoms with Crippen molar-refractivity contribution >= 4 is 11.5 Å². The molecule has 120 valence electrons. The average Bonchev–Trinajstić information content (AvgIpc) is 3.03. The zero-order valence-corrected chi connectivity index (χ0v) is 13.6. The van der Waals surface area contributed by atoms with E-state index in [0.29, 0.717) is 0 Å². The molecule has 5 nitrogen and oxygen atoms in total. The van der Waals surface area contributed by atoms with Crippen LogP contribution in [0, 0.1) is 6.92 Å². The van der Waals surface area contributed by atoms with Crippen molar-refractivity contribution in [1.82, 2.24) is 19.9 Å². The Hall–Kier alpha value is -3.47. The van der Waals surface area contributed by atoms with E-state index in [-0.39, 0.29) is 0 Å². The zero-order valence-electron chi connectivity index (χ0n) is 13.6. The summed E-state index contributed by atoms with van der Waals surface area (Å²) in [6.07, 6.45) is 5.39. The van der Waals surface area contributed by atoms with Crippen LogP contribution in [0.4, 0.5) is 11.5 Å². The maximum Gasteiger partial charge on any atom is 0.139 e. The average molecular weight is 325 g/mol. The summed E-state index contributed by atoms with van der Waals surface area (Å²) in [7, 11) is 0. The van der Waals surface area contributed by atoms with Crippen LogP contribution in [0.2, 0.25) is 0 Å². The Morgan fingerprint density at radius 1 is 0.880 bits per heavy atom. The van der Waals surface area contributed by atoms with E-state index < -0.39 is 0 Å². The van der Waals surface area contributed by atoms with Crippen LogP contribution < -0.4 is 5.32 Å². The second kappa shape index (κ2) is 5.27. The third-order valence-electron chi connectivity index (χ3n) is 4.51. The lowest BCUT2D eigenvalue weighted by Crippen LogP contribution is -1.95. The second-order valence-electron chi connectivity index (χ2n) is 6.07. The molecule has 25 heavy (non-hydrogen) atoms. The minimum Gasteiger partial charge on any atom is -0.338 e. The van der Waals surface area contributed by atoms with Gasteiger partial charge in [0.2, 0.25) is 0 Å². The van der Waals surface area contributed by atoms with Crippen LogP contribution in [0.25, 0.3) is 33.9 Å². The van der Waals surface area contributed by atoms with Gasteiger partial charge < -0.3 is 10.3 Å². The predicted molar refractivity (Wildman–Crippen MR) is 98.5 cm³/mol. The summed E-state index contributed by atoms with van der Waals surface area (Å²) in [4.78, 5) is 17.2. The van der Waals surface area contributed by atoms with E-state index in [0.717, 1.165) is 45.4 Å². The number of aromatic nitrogens is 4. The molecule has 1 aromatic carbocycles. The van der Waals surface area contributed by atoms with E-state index in [2.05, 4.69) is 39.3 Å². The van der Waals surface area contributed by atoms with Crippen molar-refractivity contribution in [3.05, 3.63) is 66.6 Å². The van der Waals surface area contributed by atoms with Gasteiger partial charge in [-0.1, -0.05) is 24.3 Å². The molecule has 0 bridgehead atoms.